The zero-order valence-electron chi connectivity index (χ0n) is 20.8. The van der Waals surface area contributed by atoms with Gasteiger partial charge in [0.2, 0.25) is 11.8 Å². The van der Waals surface area contributed by atoms with Gasteiger partial charge in [-0.2, -0.15) is 0 Å². The molecule has 1 atom stereocenters. The van der Waals surface area contributed by atoms with Gasteiger partial charge >= 0.3 is 12.0 Å². The molecule has 10 nitrogen and oxygen atoms in total. The van der Waals surface area contributed by atoms with E-state index < -0.39 is 23.9 Å². The number of imide groups is 1. The fourth-order valence-electron chi connectivity index (χ4n) is 4.85. The second kappa shape index (κ2) is 10.9. The second-order valence-corrected chi connectivity index (χ2v) is 9.39. The Hall–Kier alpha value is -4.47. The highest BCUT2D eigenvalue weighted by Gasteiger charge is 2.34. The van der Waals surface area contributed by atoms with Gasteiger partial charge in [0.05, 0.1) is 17.8 Å². The molecule has 1 N–H and O–H groups in total. The molecule has 3 aliphatic rings. The number of rotatable bonds is 5. The van der Waals surface area contributed by atoms with Crippen molar-refractivity contribution in [3.8, 4) is 0 Å². The highest BCUT2D eigenvalue weighted by Crippen LogP contribution is 2.37. The summed E-state index contributed by atoms with van der Waals surface area (Å²) in [5.41, 5.74) is 3.51. The molecule has 3 aliphatic heterocycles. The fourth-order valence-corrected chi connectivity index (χ4v) is 4.85. The first kappa shape index (κ1) is 25.2. The van der Waals surface area contributed by atoms with Crippen LogP contribution in [0.15, 0.2) is 48.5 Å². The van der Waals surface area contributed by atoms with Crippen molar-refractivity contribution in [2.24, 2.45) is 0 Å². The van der Waals surface area contributed by atoms with Crippen molar-refractivity contribution in [3.05, 3.63) is 59.7 Å². The Bertz CT molecular complexity index is 1260. The van der Waals surface area contributed by atoms with Crippen LogP contribution in [0.2, 0.25) is 0 Å². The van der Waals surface area contributed by atoms with E-state index in [2.05, 4.69) is 5.32 Å². The zero-order chi connectivity index (χ0) is 26.6. The van der Waals surface area contributed by atoms with Gasteiger partial charge < -0.3 is 14.5 Å². The summed E-state index contributed by atoms with van der Waals surface area (Å²) in [5, 5.41) is 2.08. The summed E-state index contributed by atoms with van der Waals surface area (Å²) >= 11 is 0. The first-order valence-electron chi connectivity index (χ1n) is 12.7. The number of nitrogens with zero attached hydrogens (tertiary/aromatic N) is 3. The van der Waals surface area contributed by atoms with E-state index in [9.17, 15) is 24.0 Å². The summed E-state index contributed by atoms with van der Waals surface area (Å²) < 4.78 is 5.03. The highest BCUT2D eigenvalue weighted by atomic mass is 16.5. The van der Waals surface area contributed by atoms with E-state index in [-0.39, 0.29) is 37.6 Å². The third-order valence-electron chi connectivity index (χ3n) is 6.86. The summed E-state index contributed by atoms with van der Waals surface area (Å²) in [4.78, 5) is 66.4. The van der Waals surface area contributed by atoms with Crippen molar-refractivity contribution in [1.29, 1.82) is 0 Å². The molecule has 3 heterocycles. The number of hydrogen-bond donors (Lipinski definition) is 1. The Morgan fingerprint density at radius 3 is 1.97 bits per heavy atom. The lowest BCUT2D eigenvalue weighted by Gasteiger charge is -2.38. The van der Waals surface area contributed by atoms with Crippen LogP contribution in [0, 0.1) is 0 Å². The molecule has 0 aromatic heterocycles. The van der Waals surface area contributed by atoms with Gasteiger partial charge in [-0.15, -0.1) is 0 Å². The number of ether oxygens (including phenoxy) is 1. The molecule has 0 saturated carbocycles. The van der Waals surface area contributed by atoms with Crippen molar-refractivity contribution in [2.45, 2.75) is 31.8 Å². The molecule has 2 aromatic carbocycles. The van der Waals surface area contributed by atoms with Gasteiger partial charge in [0, 0.05) is 39.0 Å². The number of carbonyl (C=O) groups is 5. The number of nitrogens with one attached hydrogen (secondary N) is 1. The number of piperazine rings is 1. The first-order valence-corrected chi connectivity index (χ1v) is 12.7. The Balaban J connectivity index is 1.15. The number of anilines is 2. The number of urea groups is 1. The third kappa shape index (κ3) is 5.29. The van der Waals surface area contributed by atoms with Gasteiger partial charge in [0.25, 0.3) is 5.91 Å². The average molecular weight is 517 g/mol. The number of carbonyl (C=O) groups excluding carboxylic acids is 5. The van der Waals surface area contributed by atoms with Crippen molar-refractivity contribution in [1.82, 2.24) is 15.1 Å². The van der Waals surface area contributed by atoms with Gasteiger partial charge in [0.1, 0.15) is 0 Å². The largest absolute Gasteiger partial charge is 0.452 e. The van der Waals surface area contributed by atoms with Crippen LogP contribution < -0.4 is 10.2 Å². The van der Waals surface area contributed by atoms with Crippen LogP contribution in [0.3, 0.4) is 0 Å². The number of fused-ring (bicyclic) bond motifs is 2. The van der Waals surface area contributed by atoms with E-state index in [1.807, 2.05) is 60.7 Å². The molecule has 10 heteroatoms. The van der Waals surface area contributed by atoms with Crippen molar-refractivity contribution in [3.63, 3.8) is 0 Å². The summed E-state index contributed by atoms with van der Waals surface area (Å²) in [6.45, 7) is 1.58. The predicted molar refractivity (Wildman–Crippen MR) is 139 cm³/mol. The van der Waals surface area contributed by atoms with Crippen LogP contribution in [0.5, 0.6) is 0 Å². The number of para-hydroxylation sites is 2. The quantitative estimate of drug-likeness (QED) is 0.483. The van der Waals surface area contributed by atoms with Crippen LogP contribution in [-0.2, 0) is 23.9 Å². The molecule has 38 heavy (non-hydrogen) atoms. The van der Waals surface area contributed by atoms with E-state index >= 15 is 0 Å². The van der Waals surface area contributed by atoms with Gasteiger partial charge in [-0.3, -0.25) is 29.4 Å². The predicted octanol–water partition coefficient (Wildman–Crippen LogP) is 2.70. The molecule has 5 rings (SSSR count). The van der Waals surface area contributed by atoms with Gasteiger partial charge in [-0.25, -0.2) is 4.79 Å². The zero-order valence-corrected chi connectivity index (χ0v) is 20.8. The lowest BCUT2D eigenvalue weighted by atomic mass is 10.1. The van der Waals surface area contributed by atoms with E-state index in [0.717, 1.165) is 22.5 Å². The minimum atomic E-state index is -1.09. The highest BCUT2D eigenvalue weighted by molar-refractivity contribution is 6.06. The number of amides is 5. The Labute approximate surface area is 219 Å². The maximum absolute atomic E-state index is 13.8. The fraction of sp³-hybridized carbons (Fsp3) is 0.321. The molecule has 1 unspecified atom stereocenters. The van der Waals surface area contributed by atoms with Gasteiger partial charge in [-0.05, 0) is 29.7 Å². The van der Waals surface area contributed by atoms with E-state index in [4.69, 9.17) is 4.74 Å². The Morgan fingerprint density at radius 1 is 0.816 bits per heavy atom. The molecule has 2 aromatic rings. The molecule has 2 fully saturated rings. The molecule has 0 spiro atoms. The van der Waals surface area contributed by atoms with Gasteiger partial charge in [0.15, 0.2) is 6.10 Å². The molecule has 0 bridgehead atoms. The van der Waals surface area contributed by atoms with E-state index in [0.29, 0.717) is 26.2 Å². The summed E-state index contributed by atoms with van der Waals surface area (Å²) in [6, 6.07) is 15.4. The van der Waals surface area contributed by atoms with Crippen molar-refractivity contribution in [2.75, 3.05) is 31.1 Å². The van der Waals surface area contributed by atoms with Crippen LogP contribution in [0.4, 0.5) is 16.2 Å². The molecule has 0 aliphatic carbocycles. The maximum atomic E-state index is 13.8. The maximum Gasteiger partial charge on any atom is 0.329 e. The van der Waals surface area contributed by atoms with E-state index in [1.165, 1.54) is 0 Å². The van der Waals surface area contributed by atoms with Crippen LogP contribution >= 0.6 is 0 Å². The normalized spacial score (nSPS) is 18.4. The number of esters is 1. The molecule has 2 saturated heterocycles. The van der Waals surface area contributed by atoms with Crippen LogP contribution in [0.25, 0.3) is 12.2 Å². The minimum absolute atomic E-state index is 0.0238. The molecular weight excluding hydrogens is 488 g/mol. The molecule has 0 radical (unpaired) electrons. The average Bonchev–Trinajstić information content (AvgIpc) is 3.14. The smallest absolute Gasteiger partial charge is 0.329 e. The molecule has 5 amide bonds. The summed E-state index contributed by atoms with van der Waals surface area (Å²) in [7, 11) is 0. The first-order chi connectivity index (χ1) is 18.4. The minimum Gasteiger partial charge on any atom is -0.452 e. The molecule has 196 valence electrons. The summed E-state index contributed by atoms with van der Waals surface area (Å²) in [6.07, 6.45) is 3.16. The molecular formula is C28H28N4O6. The standard InChI is InChI=1S/C28H28N4O6/c33-24-18-23(27(36)29-24)38-26(35)11-5-10-25(34)30-14-16-31(17-15-30)28(37)32-21-8-3-1-6-19(21)12-13-20-7-2-4-9-22(20)32/h1-4,6-9,12-13,23H,5,10-11,14-18H2,(H,29,33,36). The van der Waals surface area contributed by atoms with Crippen molar-refractivity contribution >= 4 is 53.2 Å². The topological polar surface area (TPSA) is 116 Å². The second-order valence-electron chi connectivity index (χ2n) is 9.39. The van der Waals surface area contributed by atoms with Gasteiger partial charge in [-0.1, -0.05) is 48.6 Å². The monoisotopic (exact) mass is 516 g/mol. The van der Waals surface area contributed by atoms with Crippen molar-refractivity contribution < 1.29 is 28.7 Å². The third-order valence-corrected chi connectivity index (χ3v) is 6.86. The van der Waals surface area contributed by atoms with Crippen LogP contribution in [-0.4, -0.2) is 71.8 Å². The lowest BCUT2D eigenvalue weighted by molar-refractivity contribution is -0.154. The Morgan fingerprint density at radius 2 is 1.39 bits per heavy atom. The summed E-state index contributed by atoms with van der Waals surface area (Å²) in [5.74, 6) is -1.80. The van der Waals surface area contributed by atoms with Crippen LogP contribution in [0.1, 0.15) is 36.8 Å². The van der Waals surface area contributed by atoms with E-state index in [1.54, 1.807) is 14.7 Å². The SMILES string of the molecule is O=C1CC(OC(=O)CCCC(=O)N2CCN(C(=O)N3c4ccccc4C=Cc4ccccc43)CC2)C(=O)N1. The number of benzene rings is 2. The Kier molecular flexibility index (Phi) is 7.21. The lowest BCUT2D eigenvalue weighted by Crippen LogP contribution is -2.53. The number of hydrogen-bond acceptors (Lipinski definition) is 6.